The van der Waals surface area contributed by atoms with Crippen LogP contribution in [0.5, 0.6) is 0 Å². The Bertz CT molecular complexity index is 599. The van der Waals surface area contributed by atoms with Crippen LogP contribution in [-0.2, 0) is 19.6 Å². The van der Waals surface area contributed by atoms with Gasteiger partial charge in [0, 0.05) is 11.6 Å². The van der Waals surface area contributed by atoms with Crippen LogP contribution in [-0.4, -0.2) is 27.0 Å². The lowest BCUT2D eigenvalue weighted by Gasteiger charge is -2.22. The molecule has 0 aromatic heterocycles. The lowest BCUT2D eigenvalue weighted by atomic mass is 10.1. The van der Waals surface area contributed by atoms with Crippen LogP contribution >= 0.6 is 15.9 Å². The maximum absolute atomic E-state index is 11.9. The van der Waals surface area contributed by atoms with Gasteiger partial charge in [-0.15, -0.1) is 0 Å². The molecule has 0 saturated heterocycles. The van der Waals surface area contributed by atoms with Gasteiger partial charge in [0.1, 0.15) is 5.60 Å². The first-order chi connectivity index (χ1) is 8.58. The summed E-state index contributed by atoms with van der Waals surface area (Å²) in [5, 5.41) is 7.65. The highest BCUT2D eigenvalue weighted by atomic mass is 79.9. The van der Waals surface area contributed by atoms with Crippen molar-refractivity contribution >= 4 is 37.5 Å². The molecule has 19 heavy (non-hydrogen) atoms. The molecule has 0 unspecified atom stereocenters. The molecule has 0 radical (unpaired) electrons. The van der Waals surface area contributed by atoms with Gasteiger partial charge in [-0.05, 0) is 48.0 Å². The van der Waals surface area contributed by atoms with Crippen molar-refractivity contribution in [3.8, 4) is 0 Å². The number of anilines is 1. The van der Waals surface area contributed by atoms with Crippen molar-refractivity contribution in [2.75, 3.05) is 12.4 Å². The molecule has 0 aliphatic rings. The molecule has 106 valence electrons. The molecule has 0 bridgehead atoms. The molecule has 1 amide bonds. The normalized spacial score (nSPS) is 12.3. The summed E-state index contributed by atoms with van der Waals surface area (Å²) >= 11 is 3.18. The number of hydrogen-bond donors (Lipinski definition) is 2. The number of primary sulfonamides is 1. The minimum atomic E-state index is -3.77. The largest absolute Gasteiger partial charge is 0.369 e. The Kier molecular flexibility index (Phi) is 4.72. The molecule has 1 rings (SSSR count). The second kappa shape index (κ2) is 5.58. The number of nitrogens with two attached hydrogens (primary N) is 1. The summed E-state index contributed by atoms with van der Waals surface area (Å²) in [6.07, 6.45) is 0. The van der Waals surface area contributed by atoms with E-state index in [0.29, 0.717) is 10.2 Å². The quantitative estimate of drug-likeness (QED) is 0.858. The number of methoxy groups -OCH3 is 1. The molecule has 8 heteroatoms. The average molecular weight is 351 g/mol. The minimum absolute atomic E-state index is 0.0385. The number of halogens is 1. The van der Waals surface area contributed by atoms with E-state index in [1.54, 1.807) is 13.8 Å². The average Bonchev–Trinajstić information content (AvgIpc) is 2.30. The van der Waals surface area contributed by atoms with Gasteiger partial charge in [0.05, 0.1) is 10.6 Å². The van der Waals surface area contributed by atoms with Crippen LogP contribution < -0.4 is 10.5 Å². The summed E-state index contributed by atoms with van der Waals surface area (Å²) in [7, 11) is -2.34. The van der Waals surface area contributed by atoms with Crippen molar-refractivity contribution in [2.45, 2.75) is 24.3 Å². The zero-order chi connectivity index (χ0) is 14.8. The van der Waals surface area contributed by atoms with Gasteiger partial charge >= 0.3 is 0 Å². The van der Waals surface area contributed by atoms with E-state index in [1.165, 1.54) is 25.3 Å². The van der Waals surface area contributed by atoms with Crippen molar-refractivity contribution in [1.82, 2.24) is 0 Å². The van der Waals surface area contributed by atoms with Gasteiger partial charge in [-0.1, -0.05) is 0 Å². The SMILES string of the molecule is COC(C)(C)C(=O)Nc1ccc(S(N)(=O)=O)cc1Br. The lowest BCUT2D eigenvalue weighted by Crippen LogP contribution is -2.38. The summed E-state index contributed by atoms with van der Waals surface area (Å²) < 4.78 is 27.8. The molecule has 0 spiro atoms. The second-order valence-corrected chi connectivity index (χ2v) is 6.77. The molecule has 0 fully saturated rings. The van der Waals surface area contributed by atoms with Crippen molar-refractivity contribution in [3.05, 3.63) is 22.7 Å². The third-order valence-corrected chi connectivity index (χ3v) is 4.14. The Morgan fingerprint density at radius 3 is 2.42 bits per heavy atom. The van der Waals surface area contributed by atoms with Crippen LogP contribution in [0.2, 0.25) is 0 Å². The van der Waals surface area contributed by atoms with E-state index in [4.69, 9.17) is 9.88 Å². The topological polar surface area (TPSA) is 98.5 Å². The third kappa shape index (κ3) is 4.00. The Morgan fingerprint density at radius 2 is 2.00 bits per heavy atom. The highest BCUT2D eigenvalue weighted by Gasteiger charge is 2.27. The van der Waals surface area contributed by atoms with Gasteiger partial charge in [-0.2, -0.15) is 0 Å². The first-order valence-corrected chi connectivity index (χ1v) is 7.61. The van der Waals surface area contributed by atoms with E-state index in [9.17, 15) is 13.2 Å². The number of amides is 1. The van der Waals surface area contributed by atoms with Gasteiger partial charge in [0.15, 0.2) is 0 Å². The number of benzene rings is 1. The Hall–Kier alpha value is -0.960. The van der Waals surface area contributed by atoms with Gasteiger partial charge in [-0.3, -0.25) is 4.79 Å². The van der Waals surface area contributed by atoms with E-state index in [0.717, 1.165) is 0 Å². The van der Waals surface area contributed by atoms with E-state index >= 15 is 0 Å². The predicted molar refractivity (Wildman–Crippen MR) is 75.2 cm³/mol. The van der Waals surface area contributed by atoms with Gasteiger partial charge in [0.25, 0.3) is 5.91 Å². The summed E-state index contributed by atoms with van der Waals surface area (Å²) in [6, 6.07) is 4.09. The predicted octanol–water partition coefficient (Wildman–Crippen LogP) is 1.46. The standard InChI is InChI=1S/C11H15BrN2O4S/c1-11(2,18-3)10(15)14-9-5-4-7(6-8(9)12)19(13,16)17/h4-6H,1-3H3,(H,14,15)(H2,13,16,17). The van der Waals surface area contributed by atoms with Gasteiger partial charge < -0.3 is 10.1 Å². The van der Waals surface area contributed by atoms with Crippen LogP contribution in [0.15, 0.2) is 27.6 Å². The van der Waals surface area contributed by atoms with E-state index in [1.807, 2.05) is 0 Å². The van der Waals surface area contributed by atoms with Crippen LogP contribution in [0.4, 0.5) is 5.69 Å². The molecule has 0 aliphatic carbocycles. The zero-order valence-corrected chi connectivity index (χ0v) is 13.1. The maximum Gasteiger partial charge on any atom is 0.256 e. The number of rotatable bonds is 4. The first kappa shape index (κ1) is 16.1. The third-order valence-electron chi connectivity index (χ3n) is 2.57. The molecular formula is C11H15BrN2O4S. The molecular weight excluding hydrogens is 336 g/mol. The molecule has 0 saturated carbocycles. The fourth-order valence-electron chi connectivity index (χ4n) is 1.14. The van der Waals surface area contributed by atoms with Crippen molar-refractivity contribution < 1.29 is 17.9 Å². The molecule has 3 N–H and O–H groups in total. The second-order valence-electron chi connectivity index (χ2n) is 4.36. The highest BCUT2D eigenvalue weighted by Crippen LogP contribution is 2.26. The lowest BCUT2D eigenvalue weighted by molar-refractivity contribution is -0.133. The van der Waals surface area contributed by atoms with Crippen LogP contribution in [0.3, 0.4) is 0 Å². The molecule has 1 aromatic carbocycles. The monoisotopic (exact) mass is 350 g/mol. The fourth-order valence-corrected chi connectivity index (χ4v) is 2.31. The fraction of sp³-hybridized carbons (Fsp3) is 0.364. The summed E-state index contributed by atoms with van der Waals surface area (Å²) in [4.78, 5) is 11.9. The maximum atomic E-state index is 11.9. The number of nitrogens with one attached hydrogen (secondary N) is 1. The first-order valence-electron chi connectivity index (χ1n) is 5.27. The summed E-state index contributed by atoms with van der Waals surface area (Å²) in [5.74, 6) is -0.348. The highest BCUT2D eigenvalue weighted by molar-refractivity contribution is 9.10. The molecule has 0 atom stereocenters. The Morgan fingerprint density at radius 1 is 1.42 bits per heavy atom. The van der Waals surface area contributed by atoms with E-state index in [-0.39, 0.29) is 10.8 Å². The minimum Gasteiger partial charge on any atom is -0.369 e. The van der Waals surface area contributed by atoms with Crippen LogP contribution in [0.1, 0.15) is 13.8 Å². The summed E-state index contributed by atoms with van der Waals surface area (Å²) in [5.41, 5.74) is -0.555. The number of ether oxygens (including phenoxy) is 1. The van der Waals surface area contributed by atoms with Gasteiger partial charge in [0.2, 0.25) is 10.0 Å². The zero-order valence-electron chi connectivity index (χ0n) is 10.7. The van der Waals surface area contributed by atoms with Crippen molar-refractivity contribution in [2.24, 2.45) is 5.14 Å². The van der Waals surface area contributed by atoms with E-state index < -0.39 is 15.6 Å². The van der Waals surface area contributed by atoms with Crippen LogP contribution in [0.25, 0.3) is 0 Å². The molecule has 0 aliphatic heterocycles. The summed E-state index contributed by atoms with van der Waals surface area (Å²) in [6.45, 7) is 3.24. The number of hydrogen-bond acceptors (Lipinski definition) is 4. The molecule has 0 heterocycles. The number of carbonyl (C=O) groups excluding carboxylic acids is 1. The van der Waals surface area contributed by atoms with Crippen molar-refractivity contribution in [1.29, 1.82) is 0 Å². The molecule has 1 aromatic rings. The molecule has 6 nitrogen and oxygen atoms in total. The van der Waals surface area contributed by atoms with Crippen LogP contribution in [0, 0.1) is 0 Å². The Balaban J connectivity index is 3.03. The van der Waals surface area contributed by atoms with Crippen molar-refractivity contribution in [3.63, 3.8) is 0 Å². The Labute approximate surface area is 120 Å². The number of sulfonamides is 1. The number of carbonyl (C=O) groups is 1. The smallest absolute Gasteiger partial charge is 0.256 e. The van der Waals surface area contributed by atoms with Gasteiger partial charge in [-0.25, -0.2) is 13.6 Å². The van der Waals surface area contributed by atoms with E-state index in [2.05, 4.69) is 21.2 Å².